The first-order valence-corrected chi connectivity index (χ1v) is 7.67. The number of carbonyl (C=O) groups is 1. The van der Waals surface area contributed by atoms with Gasteiger partial charge in [0.1, 0.15) is 0 Å². The van der Waals surface area contributed by atoms with Crippen molar-refractivity contribution in [3.8, 4) is 0 Å². The van der Waals surface area contributed by atoms with Crippen molar-refractivity contribution in [2.45, 2.75) is 18.4 Å². The van der Waals surface area contributed by atoms with Gasteiger partial charge in [-0.1, -0.05) is 46.3 Å². The predicted octanol–water partition coefficient (Wildman–Crippen LogP) is 4.40. The second-order valence-corrected chi connectivity index (χ2v) is 5.86. The highest BCUT2D eigenvalue weighted by Gasteiger charge is 2.16. The molecule has 2 aromatic carbocycles. The quantitative estimate of drug-likeness (QED) is 0.811. The molecule has 0 heterocycles. The molecule has 0 saturated heterocycles. The summed E-state index contributed by atoms with van der Waals surface area (Å²) in [4.78, 5) is 15.1. The first-order chi connectivity index (χ1) is 9.61. The van der Waals surface area contributed by atoms with Gasteiger partial charge in [-0.05, 0) is 30.7 Å². The molecule has 104 valence electrons. The van der Waals surface area contributed by atoms with Gasteiger partial charge in [-0.2, -0.15) is 0 Å². The van der Waals surface area contributed by atoms with Crippen molar-refractivity contribution in [1.82, 2.24) is 4.90 Å². The van der Waals surface area contributed by atoms with Crippen molar-refractivity contribution in [3.63, 3.8) is 0 Å². The average Bonchev–Trinajstić information content (AvgIpc) is 2.45. The van der Waals surface area contributed by atoms with Crippen LogP contribution in [0.25, 0.3) is 0 Å². The summed E-state index contributed by atoms with van der Waals surface area (Å²) in [6.07, 6.45) is 0. The fraction of sp³-hybridized carbons (Fsp3) is 0.188. The van der Waals surface area contributed by atoms with E-state index in [4.69, 9.17) is 0 Å². The molecule has 2 rings (SSSR count). The summed E-state index contributed by atoms with van der Waals surface area (Å²) < 4.78 is 0.921. The van der Waals surface area contributed by atoms with E-state index >= 15 is 0 Å². The van der Waals surface area contributed by atoms with Gasteiger partial charge in [0.25, 0.3) is 5.91 Å². The van der Waals surface area contributed by atoms with Crippen molar-refractivity contribution >= 4 is 34.5 Å². The summed E-state index contributed by atoms with van der Waals surface area (Å²) in [5.41, 5.74) is 1.76. The zero-order valence-electron chi connectivity index (χ0n) is 11.2. The van der Waals surface area contributed by atoms with Crippen molar-refractivity contribution < 1.29 is 4.79 Å². The Morgan fingerprint density at radius 2 is 1.90 bits per heavy atom. The third-order valence-electron chi connectivity index (χ3n) is 3.08. The van der Waals surface area contributed by atoms with Crippen LogP contribution in [0.15, 0.2) is 57.9 Å². The van der Waals surface area contributed by atoms with E-state index in [2.05, 4.69) is 28.6 Å². The van der Waals surface area contributed by atoms with E-state index in [9.17, 15) is 4.79 Å². The molecule has 2 aromatic rings. The molecule has 0 unspecified atom stereocenters. The van der Waals surface area contributed by atoms with Crippen molar-refractivity contribution in [2.24, 2.45) is 0 Å². The predicted molar refractivity (Wildman–Crippen MR) is 88.3 cm³/mol. The van der Waals surface area contributed by atoms with Gasteiger partial charge in [0.2, 0.25) is 0 Å². The molecule has 0 aliphatic carbocycles. The molecular weight excluding hydrogens is 334 g/mol. The lowest BCUT2D eigenvalue weighted by Gasteiger charge is -2.22. The van der Waals surface area contributed by atoms with E-state index in [-0.39, 0.29) is 5.91 Å². The minimum atomic E-state index is 0.00820. The average molecular weight is 350 g/mol. The first kappa shape index (κ1) is 15.1. The Labute approximate surface area is 133 Å². The second-order valence-electron chi connectivity index (χ2n) is 4.47. The van der Waals surface area contributed by atoms with E-state index in [1.54, 1.807) is 0 Å². The molecule has 0 aliphatic heterocycles. The van der Waals surface area contributed by atoms with Crippen molar-refractivity contribution in [3.05, 3.63) is 64.1 Å². The van der Waals surface area contributed by atoms with Gasteiger partial charge in [-0.25, -0.2) is 0 Å². The molecule has 0 fully saturated rings. The number of rotatable bonds is 4. The van der Waals surface area contributed by atoms with Gasteiger partial charge in [0, 0.05) is 22.5 Å². The van der Waals surface area contributed by atoms with Crippen LogP contribution in [0.3, 0.4) is 0 Å². The van der Waals surface area contributed by atoms with Gasteiger partial charge < -0.3 is 4.90 Å². The zero-order valence-corrected chi connectivity index (χ0v) is 13.7. The summed E-state index contributed by atoms with van der Waals surface area (Å²) in [6.45, 7) is 3.26. The number of benzene rings is 2. The second kappa shape index (κ2) is 6.95. The minimum Gasteiger partial charge on any atom is -0.335 e. The number of hydrogen-bond donors (Lipinski definition) is 1. The SMILES string of the molecule is CCN(Cc1ccccc1)C(=O)c1ccc(Br)cc1S. The summed E-state index contributed by atoms with van der Waals surface area (Å²) in [7, 11) is 0. The van der Waals surface area contributed by atoms with E-state index in [1.807, 2.05) is 60.4 Å². The molecule has 0 aliphatic rings. The first-order valence-electron chi connectivity index (χ1n) is 6.43. The highest BCUT2D eigenvalue weighted by atomic mass is 79.9. The van der Waals surface area contributed by atoms with Gasteiger partial charge in [-0.15, -0.1) is 12.6 Å². The Bertz CT molecular complexity index is 601. The Morgan fingerprint density at radius 1 is 1.20 bits per heavy atom. The topological polar surface area (TPSA) is 20.3 Å². The normalized spacial score (nSPS) is 10.3. The number of nitrogens with zero attached hydrogens (tertiary/aromatic N) is 1. The van der Waals surface area contributed by atoms with Gasteiger partial charge in [0.15, 0.2) is 0 Å². The fourth-order valence-electron chi connectivity index (χ4n) is 1.99. The lowest BCUT2D eigenvalue weighted by molar-refractivity contribution is 0.0749. The maximum atomic E-state index is 12.6. The Hall–Kier alpha value is -1.26. The molecule has 0 atom stereocenters. The van der Waals surface area contributed by atoms with Crippen LogP contribution in [0.4, 0.5) is 0 Å². The van der Waals surface area contributed by atoms with Gasteiger partial charge >= 0.3 is 0 Å². The van der Waals surface area contributed by atoms with E-state index < -0.39 is 0 Å². The minimum absolute atomic E-state index is 0.00820. The maximum absolute atomic E-state index is 12.6. The lowest BCUT2D eigenvalue weighted by atomic mass is 10.1. The summed E-state index contributed by atoms with van der Waals surface area (Å²) in [6, 6.07) is 15.5. The van der Waals surface area contributed by atoms with Crippen LogP contribution in [0.1, 0.15) is 22.8 Å². The summed E-state index contributed by atoms with van der Waals surface area (Å²) in [5, 5.41) is 0. The maximum Gasteiger partial charge on any atom is 0.255 e. The molecule has 0 saturated carbocycles. The van der Waals surface area contributed by atoms with Gasteiger partial charge in [0.05, 0.1) is 5.56 Å². The zero-order chi connectivity index (χ0) is 14.5. The molecular formula is C16H16BrNOS. The van der Waals surface area contributed by atoms with Crippen LogP contribution < -0.4 is 0 Å². The molecule has 20 heavy (non-hydrogen) atoms. The molecule has 4 heteroatoms. The fourth-order valence-corrected chi connectivity index (χ4v) is 2.83. The molecule has 0 N–H and O–H groups in total. The third kappa shape index (κ3) is 3.64. The Kier molecular flexibility index (Phi) is 5.26. The number of halogens is 1. The molecule has 2 nitrogen and oxygen atoms in total. The molecule has 0 bridgehead atoms. The van der Waals surface area contributed by atoms with Crippen molar-refractivity contribution in [2.75, 3.05) is 6.54 Å². The van der Waals surface area contributed by atoms with E-state index in [0.717, 1.165) is 10.0 Å². The highest BCUT2D eigenvalue weighted by Crippen LogP contribution is 2.22. The number of amides is 1. The molecule has 0 spiro atoms. The standard InChI is InChI=1S/C16H16BrNOS/c1-2-18(11-12-6-4-3-5-7-12)16(19)14-9-8-13(17)10-15(14)20/h3-10,20H,2,11H2,1H3. The Morgan fingerprint density at radius 3 is 2.50 bits per heavy atom. The highest BCUT2D eigenvalue weighted by molar-refractivity contribution is 9.10. The van der Waals surface area contributed by atoms with Crippen LogP contribution in [-0.2, 0) is 6.54 Å². The number of carbonyl (C=O) groups excluding carboxylic acids is 1. The summed E-state index contributed by atoms with van der Waals surface area (Å²) in [5.74, 6) is 0.00820. The molecule has 0 aromatic heterocycles. The number of hydrogen-bond acceptors (Lipinski definition) is 2. The van der Waals surface area contributed by atoms with Crippen molar-refractivity contribution in [1.29, 1.82) is 0 Å². The van der Waals surface area contributed by atoms with E-state index in [0.29, 0.717) is 23.5 Å². The lowest BCUT2D eigenvalue weighted by Crippen LogP contribution is -2.30. The monoisotopic (exact) mass is 349 g/mol. The summed E-state index contributed by atoms with van der Waals surface area (Å²) >= 11 is 7.77. The van der Waals surface area contributed by atoms with E-state index in [1.165, 1.54) is 0 Å². The van der Waals surface area contributed by atoms with Crippen LogP contribution in [0.5, 0.6) is 0 Å². The van der Waals surface area contributed by atoms with Crippen LogP contribution in [0.2, 0.25) is 0 Å². The van der Waals surface area contributed by atoms with Crippen LogP contribution in [0, 0.1) is 0 Å². The largest absolute Gasteiger partial charge is 0.335 e. The molecule has 0 radical (unpaired) electrons. The Balaban J connectivity index is 2.21. The van der Waals surface area contributed by atoms with Crippen LogP contribution >= 0.6 is 28.6 Å². The van der Waals surface area contributed by atoms with Crippen LogP contribution in [-0.4, -0.2) is 17.4 Å². The van der Waals surface area contributed by atoms with Gasteiger partial charge in [-0.3, -0.25) is 4.79 Å². The third-order valence-corrected chi connectivity index (χ3v) is 3.94. The number of thiol groups is 1. The smallest absolute Gasteiger partial charge is 0.255 e. The molecule has 1 amide bonds.